The molecule has 0 spiro atoms. The fourth-order valence-electron chi connectivity index (χ4n) is 1.30. The van der Waals surface area contributed by atoms with E-state index in [1.807, 2.05) is 0 Å². The van der Waals surface area contributed by atoms with E-state index in [9.17, 15) is 9.18 Å². The van der Waals surface area contributed by atoms with E-state index in [2.05, 4.69) is 0 Å². The summed E-state index contributed by atoms with van der Waals surface area (Å²) in [4.78, 5) is 11.5. The number of hydrogen-bond acceptors (Lipinski definition) is 2. The van der Waals surface area contributed by atoms with Gasteiger partial charge in [-0.15, -0.1) is 0 Å². The molecule has 1 aromatic carbocycles. The van der Waals surface area contributed by atoms with Crippen LogP contribution in [0.1, 0.15) is 5.76 Å². The van der Waals surface area contributed by atoms with Crippen molar-refractivity contribution in [2.75, 3.05) is 0 Å². The van der Waals surface area contributed by atoms with E-state index in [4.69, 9.17) is 27.6 Å². The predicted molar refractivity (Wildman–Crippen MR) is 57.3 cm³/mol. The Morgan fingerprint density at radius 3 is 2.67 bits per heavy atom. The maximum Gasteiger partial charge on any atom is 0.193 e. The van der Waals surface area contributed by atoms with Gasteiger partial charge in [-0.1, -0.05) is 23.2 Å². The highest BCUT2D eigenvalue weighted by Gasteiger charge is 2.09. The average molecular weight is 247 g/mol. The maximum atomic E-state index is 12.3. The number of alkyl halides is 1. The van der Waals surface area contributed by atoms with Gasteiger partial charge in [-0.05, 0) is 12.1 Å². The second kappa shape index (κ2) is 3.83. The van der Waals surface area contributed by atoms with Crippen LogP contribution in [0, 0.1) is 0 Å². The average Bonchev–Trinajstić information content (AvgIpc) is 2.19. The van der Waals surface area contributed by atoms with E-state index >= 15 is 0 Å². The van der Waals surface area contributed by atoms with Gasteiger partial charge in [-0.3, -0.25) is 4.79 Å². The fourth-order valence-corrected chi connectivity index (χ4v) is 1.83. The largest absolute Gasteiger partial charge is 0.456 e. The first kappa shape index (κ1) is 10.5. The Hall–Kier alpha value is -1.06. The van der Waals surface area contributed by atoms with Crippen molar-refractivity contribution in [3.8, 4) is 0 Å². The molecule has 0 unspecified atom stereocenters. The molecule has 0 atom stereocenters. The van der Waals surface area contributed by atoms with Crippen LogP contribution in [0.4, 0.5) is 4.39 Å². The monoisotopic (exact) mass is 246 g/mol. The predicted octanol–water partition coefficient (Wildman–Crippen LogP) is 3.57. The highest BCUT2D eigenvalue weighted by Crippen LogP contribution is 2.26. The minimum Gasteiger partial charge on any atom is -0.456 e. The quantitative estimate of drug-likeness (QED) is 0.771. The zero-order valence-electron chi connectivity index (χ0n) is 7.39. The molecule has 1 aromatic heterocycles. The van der Waals surface area contributed by atoms with Crippen LogP contribution in [0.2, 0.25) is 10.0 Å². The third kappa shape index (κ3) is 1.85. The summed E-state index contributed by atoms with van der Waals surface area (Å²) in [6.07, 6.45) is 0. The van der Waals surface area contributed by atoms with Crippen LogP contribution in [0.5, 0.6) is 0 Å². The Balaban J connectivity index is 2.91. The van der Waals surface area contributed by atoms with E-state index in [1.165, 1.54) is 12.1 Å². The lowest BCUT2D eigenvalue weighted by atomic mass is 10.2. The van der Waals surface area contributed by atoms with Crippen molar-refractivity contribution in [1.82, 2.24) is 0 Å². The summed E-state index contributed by atoms with van der Waals surface area (Å²) in [7, 11) is 0. The van der Waals surface area contributed by atoms with Crippen LogP contribution in [-0.2, 0) is 6.67 Å². The SMILES string of the molecule is O=c1cc(CF)oc2c(Cl)cc(Cl)cc12. The smallest absolute Gasteiger partial charge is 0.193 e. The Labute approximate surface area is 94.2 Å². The van der Waals surface area contributed by atoms with Crippen molar-refractivity contribution < 1.29 is 8.81 Å². The lowest BCUT2D eigenvalue weighted by molar-refractivity contribution is 0.401. The van der Waals surface area contributed by atoms with Crippen molar-refractivity contribution >= 4 is 34.2 Å². The van der Waals surface area contributed by atoms with E-state index in [1.54, 1.807) is 0 Å². The lowest BCUT2D eigenvalue weighted by Gasteiger charge is -2.01. The van der Waals surface area contributed by atoms with Crippen LogP contribution >= 0.6 is 23.2 Å². The van der Waals surface area contributed by atoms with Crippen LogP contribution in [0.3, 0.4) is 0 Å². The molecule has 0 amide bonds. The molecule has 0 saturated carbocycles. The molecule has 0 bridgehead atoms. The summed E-state index contributed by atoms with van der Waals surface area (Å²) in [6, 6.07) is 3.97. The van der Waals surface area contributed by atoms with Gasteiger partial charge >= 0.3 is 0 Å². The van der Waals surface area contributed by atoms with E-state index in [0.717, 1.165) is 6.07 Å². The van der Waals surface area contributed by atoms with Gasteiger partial charge in [0, 0.05) is 11.1 Å². The molecule has 2 aromatic rings. The lowest BCUT2D eigenvalue weighted by Crippen LogP contribution is -2.01. The van der Waals surface area contributed by atoms with E-state index in [-0.39, 0.29) is 27.2 Å². The molecule has 2 nitrogen and oxygen atoms in total. The summed E-state index contributed by atoms with van der Waals surface area (Å²) < 4.78 is 17.5. The maximum absolute atomic E-state index is 12.3. The molecule has 0 aliphatic heterocycles. The second-order valence-corrected chi connectivity index (χ2v) is 3.82. The topological polar surface area (TPSA) is 30.2 Å². The van der Waals surface area contributed by atoms with Gasteiger partial charge in [0.25, 0.3) is 0 Å². The van der Waals surface area contributed by atoms with E-state index < -0.39 is 6.67 Å². The first-order valence-corrected chi connectivity index (χ1v) is 4.85. The molecule has 2 rings (SSSR count). The summed E-state index contributed by atoms with van der Waals surface area (Å²) in [5.41, 5.74) is -0.186. The molecule has 1 heterocycles. The number of halogens is 3. The Bertz CT molecular complexity index is 577. The molecule has 78 valence electrons. The summed E-state index contributed by atoms with van der Waals surface area (Å²) in [6.45, 7) is -0.843. The summed E-state index contributed by atoms with van der Waals surface area (Å²) >= 11 is 11.6. The molecule has 5 heteroatoms. The van der Waals surface area contributed by atoms with Crippen LogP contribution in [-0.4, -0.2) is 0 Å². The molecule has 15 heavy (non-hydrogen) atoms. The molecule has 0 N–H and O–H groups in total. The summed E-state index contributed by atoms with van der Waals surface area (Å²) in [5, 5.41) is 0.794. The first-order chi connectivity index (χ1) is 7.11. The standard InChI is InChI=1S/C10H5Cl2FO2/c11-5-1-7-9(14)3-6(4-13)15-10(7)8(12)2-5/h1-3H,4H2. The van der Waals surface area contributed by atoms with Crippen LogP contribution < -0.4 is 5.43 Å². The zero-order valence-corrected chi connectivity index (χ0v) is 8.90. The van der Waals surface area contributed by atoms with Crippen molar-refractivity contribution in [2.45, 2.75) is 6.67 Å². The molecule has 0 fully saturated rings. The molecule has 0 aliphatic rings. The minimum atomic E-state index is -0.843. The number of hydrogen-bond donors (Lipinski definition) is 0. The highest BCUT2D eigenvalue weighted by molar-refractivity contribution is 6.38. The third-order valence-electron chi connectivity index (χ3n) is 1.93. The highest BCUT2D eigenvalue weighted by atomic mass is 35.5. The van der Waals surface area contributed by atoms with Crippen molar-refractivity contribution in [2.24, 2.45) is 0 Å². The minimum absolute atomic E-state index is 0.0447. The third-order valence-corrected chi connectivity index (χ3v) is 2.43. The molecular formula is C10H5Cl2FO2. The fraction of sp³-hybridized carbons (Fsp3) is 0.100. The van der Waals surface area contributed by atoms with Gasteiger partial charge in [0.2, 0.25) is 0 Å². The summed E-state index contributed by atoms with van der Waals surface area (Å²) in [5.74, 6) is -0.0447. The molecular weight excluding hydrogens is 242 g/mol. The van der Waals surface area contributed by atoms with Gasteiger partial charge in [0.1, 0.15) is 12.4 Å². The first-order valence-electron chi connectivity index (χ1n) is 4.09. The Kier molecular flexibility index (Phi) is 2.67. The van der Waals surface area contributed by atoms with Crippen LogP contribution in [0.15, 0.2) is 27.4 Å². The van der Waals surface area contributed by atoms with E-state index in [0.29, 0.717) is 5.02 Å². The van der Waals surface area contributed by atoms with Crippen LogP contribution in [0.25, 0.3) is 11.0 Å². The van der Waals surface area contributed by atoms with Crippen molar-refractivity contribution in [3.05, 3.63) is 44.2 Å². The van der Waals surface area contributed by atoms with Gasteiger partial charge in [0.05, 0.1) is 10.4 Å². The van der Waals surface area contributed by atoms with Gasteiger partial charge in [-0.2, -0.15) is 0 Å². The normalized spacial score (nSPS) is 10.9. The number of fused-ring (bicyclic) bond motifs is 1. The van der Waals surface area contributed by atoms with Gasteiger partial charge in [0.15, 0.2) is 11.0 Å². The Morgan fingerprint density at radius 2 is 2.00 bits per heavy atom. The number of benzene rings is 1. The second-order valence-electron chi connectivity index (χ2n) is 2.97. The molecule has 0 saturated heterocycles. The van der Waals surface area contributed by atoms with Gasteiger partial charge in [-0.25, -0.2) is 4.39 Å². The molecule has 0 radical (unpaired) electrons. The Morgan fingerprint density at radius 1 is 1.27 bits per heavy atom. The van der Waals surface area contributed by atoms with Crippen molar-refractivity contribution in [3.63, 3.8) is 0 Å². The van der Waals surface area contributed by atoms with Gasteiger partial charge < -0.3 is 4.42 Å². The zero-order chi connectivity index (χ0) is 11.0. The number of rotatable bonds is 1. The molecule has 0 aliphatic carbocycles. The van der Waals surface area contributed by atoms with Crippen molar-refractivity contribution in [1.29, 1.82) is 0 Å².